The summed E-state index contributed by atoms with van der Waals surface area (Å²) in [6.07, 6.45) is 1.86. The van der Waals surface area contributed by atoms with E-state index in [1.165, 1.54) is 11.3 Å². The molecule has 0 spiro atoms. The van der Waals surface area contributed by atoms with Gasteiger partial charge in [0.15, 0.2) is 5.17 Å². The van der Waals surface area contributed by atoms with Crippen molar-refractivity contribution in [3.63, 3.8) is 0 Å². The minimum Gasteiger partial charge on any atom is -0.494 e. The number of rotatable bonds is 7. The van der Waals surface area contributed by atoms with E-state index in [4.69, 9.17) is 0 Å². The fourth-order valence-electron chi connectivity index (χ4n) is 3.25. The average Bonchev–Trinajstić information content (AvgIpc) is 3.42. The Labute approximate surface area is 205 Å². The van der Waals surface area contributed by atoms with Crippen LogP contribution in [0.25, 0.3) is 0 Å². The number of hydrogen-bond donors (Lipinski definition) is 5. The van der Waals surface area contributed by atoms with Gasteiger partial charge in [0.05, 0.1) is 0 Å². The van der Waals surface area contributed by atoms with Crippen LogP contribution in [0.3, 0.4) is 0 Å². The second-order valence-corrected chi connectivity index (χ2v) is 10.2. The third kappa shape index (κ3) is 5.43. The topological polar surface area (TPSA) is 157 Å². The first-order valence-corrected chi connectivity index (χ1v) is 12.9. The molecule has 3 aromatic rings. The summed E-state index contributed by atoms with van der Waals surface area (Å²) in [5.74, 6) is -1.31. The largest absolute Gasteiger partial charge is 0.494 e. The van der Waals surface area contributed by atoms with Crippen molar-refractivity contribution >= 4 is 57.5 Å². The van der Waals surface area contributed by atoms with Gasteiger partial charge in [0.2, 0.25) is 17.7 Å². The molecule has 34 heavy (non-hydrogen) atoms. The number of thiophene rings is 1. The third-order valence-corrected chi connectivity index (χ3v) is 7.54. The maximum Gasteiger partial charge on any atom is 0.328 e. The van der Waals surface area contributed by atoms with Gasteiger partial charge < -0.3 is 15.7 Å². The number of amides is 2. The van der Waals surface area contributed by atoms with Crippen LogP contribution in [0.1, 0.15) is 22.9 Å². The molecule has 1 aliphatic rings. The number of anilines is 1. The van der Waals surface area contributed by atoms with E-state index in [1.807, 2.05) is 24.5 Å². The molecule has 1 aliphatic heterocycles. The fraction of sp³-hybridized carbons (Fsp3) is 0.190. The lowest BCUT2D eigenvalue weighted by atomic mass is 10.1. The molecule has 3 heterocycles. The SMILES string of the molecule is CSc1cccc(NC(=O)CC2SC(=NC(c3cccs3)c3c(O)[nH]c(=O)[nH]c3=O)NC2=O)c1. The second-order valence-electron chi connectivity index (χ2n) is 7.10. The predicted molar refractivity (Wildman–Crippen MR) is 134 cm³/mol. The lowest BCUT2D eigenvalue weighted by Gasteiger charge is -2.12. The maximum absolute atomic E-state index is 12.5. The number of nitrogens with zero attached hydrogens (tertiary/aromatic N) is 1. The Morgan fingerprint density at radius 3 is 2.76 bits per heavy atom. The zero-order chi connectivity index (χ0) is 24.2. The van der Waals surface area contributed by atoms with Gasteiger partial charge in [-0.25, -0.2) is 9.79 Å². The monoisotopic (exact) mass is 517 g/mol. The van der Waals surface area contributed by atoms with Crippen LogP contribution in [0.2, 0.25) is 0 Å². The van der Waals surface area contributed by atoms with Crippen LogP contribution >= 0.6 is 34.9 Å². The van der Waals surface area contributed by atoms with Gasteiger partial charge in [-0.15, -0.1) is 23.1 Å². The number of carbonyl (C=O) groups excluding carboxylic acids is 2. The molecule has 1 aromatic carbocycles. The number of aromatic hydroxyl groups is 1. The molecule has 4 rings (SSSR count). The Balaban J connectivity index is 1.53. The summed E-state index contributed by atoms with van der Waals surface area (Å²) < 4.78 is 0. The Bertz CT molecular complexity index is 1370. The summed E-state index contributed by atoms with van der Waals surface area (Å²) in [5, 5.41) is 16.9. The molecule has 2 amide bonds. The molecule has 13 heteroatoms. The van der Waals surface area contributed by atoms with Gasteiger partial charge in [-0.3, -0.25) is 24.4 Å². The summed E-state index contributed by atoms with van der Waals surface area (Å²) >= 11 is 3.91. The molecular weight excluding hydrogens is 498 g/mol. The molecule has 0 saturated carbocycles. The number of carbonyl (C=O) groups is 2. The predicted octanol–water partition coefficient (Wildman–Crippen LogP) is 2.26. The molecule has 2 atom stereocenters. The summed E-state index contributed by atoms with van der Waals surface area (Å²) in [7, 11) is 0. The van der Waals surface area contributed by atoms with Crippen molar-refractivity contribution in [2.45, 2.75) is 22.6 Å². The van der Waals surface area contributed by atoms with E-state index >= 15 is 0 Å². The van der Waals surface area contributed by atoms with Crippen LogP contribution in [0, 0.1) is 0 Å². The molecule has 1 saturated heterocycles. The molecular formula is C21H19N5O5S3. The van der Waals surface area contributed by atoms with Gasteiger partial charge in [-0.1, -0.05) is 23.9 Å². The molecule has 0 aliphatic carbocycles. The highest BCUT2D eigenvalue weighted by Gasteiger charge is 2.34. The summed E-state index contributed by atoms with van der Waals surface area (Å²) in [6.45, 7) is 0. The van der Waals surface area contributed by atoms with Crippen LogP contribution in [-0.4, -0.2) is 43.6 Å². The highest BCUT2D eigenvalue weighted by Crippen LogP contribution is 2.33. The number of nitrogens with one attached hydrogen (secondary N) is 4. The van der Waals surface area contributed by atoms with E-state index < -0.39 is 28.4 Å². The Morgan fingerprint density at radius 2 is 2.06 bits per heavy atom. The summed E-state index contributed by atoms with van der Waals surface area (Å²) in [6, 6.07) is 9.89. The van der Waals surface area contributed by atoms with Gasteiger partial charge >= 0.3 is 5.69 Å². The van der Waals surface area contributed by atoms with Gasteiger partial charge in [-0.05, 0) is 35.9 Å². The van der Waals surface area contributed by atoms with Crippen molar-refractivity contribution in [2.75, 3.05) is 11.6 Å². The van der Waals surface area contributed by atoms with Gasteiger partial charge in [0.1, 0.15) is 16.9 Å². The van der Waals surface area contributed by atoms with Crippen LogP contribution < -0.4 is 21.9 Å². The minimum atomic E-state index is -0.967. The smallest absolute Gasteiger partial charge is 0.328 e. The number of aromatic amines is 2. The zero-order valence-electron chi connectivity index (χ0n) is 17.7. The molecule has 176 valence electrons. The van der Waals surface area contributed by atoms with E-state index in [-0.39, 0.29) is 29.0 Å². The first-order chi connectivity index (χ1) is 16.3. The standard InChI is InChI=1S/C21H19N5O5S3/c1-32-11-5-2-4-10(8-11)22-14(27)9-13-17(28)26-21(34-13)23-16(12-6-3-7-33-12)15-18(29)24-20(31)25-19(15)30/h2-8,13,16H,9H2,1H3,(H,22,27)(H,23,26,28)(H3,24,25,29,30,31). The molecule has 5 N–H and O–H groups in total. The first-order valence-electron chi connectivity index (χ1n) is 9.92. The summed E-state index contributed by atoms with van der Waals surface area (Å²) in [4.78, 5) is 59.2. The van der Waals surface area contributed by atoms with Crippen molar-refractivity contribution in [3.8, 4) is 5.88 Å². The van der Waals surface area contributed by atoms with Crippen molar-refractivity contribution < 1.29 is 14.7 Å². The molecule has 0 bridgehead atoms. The molecule has 2 unspecified atom stereocenters. The minimum absolute atomic E-state index is 0.0762. The fourth-order valence-corrected chi connectivity index (χ4v) is 5.48. The normalized spacial score (nSPS) is 17.5. The quantitative estimate of drug-likeness (QED) is 0.301. The van der Waals surface area contributed by atoms with Crippen LogP contribution in [-0.2, 0) is 9.59 Å². The van der Waals surface area contributed by atoms with Crippen molar-refractivity contribution in [2.24, 2.45) is 4.99 Å². The van der Waals surface area contributed by atoms with E-state index in [9.17, 15) is 24.3 Å². The van der Waals surface area contributed by atoms with Gasteiger partial charge in [-0.2, -0.15) is 0 Å². The Kier molecular flexibility index (Phi) is 7.24. The number of H-pyrrole nitrogens is 2. The molecule has 0 radical (unpaired) electrons. The van der Waals surface area contributed by atoms with E-state index in [1.54, 1.807) is 35.3 Å². The highest BCUT2D eigenvalue weighted by atomic mass is 32.2. The van der Waals surface area contributed by atoms with Crippen LogP contribution in [0.4, 0.5) is 5.69 Å². The van der Waals surface area contributed by atoms with Crippen molar-refractivity contribution in [1.29, 1.82) is 0 Å². The number of aromatic nitrogens is 2. The summed E-state index contributed by atoms with van der Waals surface area (Å²) in [5.41, 5.74) is -1.15. The van der Waals surface area contributed by atoms with Crippen molar-refractivity contribution in [3.05, 3.63) is 73.1 Å². The third-order valence-electron chi connectivity index (χ3n) is 4.79. The van der Waals surface area contributed by atoms with E-state index in [0.717, 1.165) is 16.7 Å². The number of amidine groups is 1. The number of benzene rings is 1. The molecule has 2 aromatic heterocycles. The second kappa shape index (κ2) is 10.3. The number of thioether (sulfide) groups is 2. The highest BCUT2D eigenvalue weighted by molar-refractivity contribution is 8.15. The van der Waals surface area contributed by atoms with Crippen molar-refractivity contribution in [1.82, 2.24) is 15.3 Å². The Morgan fingerprint density at radius 1 is 1.24 bits per heavy atom. The maximum atomic E-state index is 12.5. The first kappa shape index (κ1) is 23.9. The van der Waals surface area contributed by atoms with Crippen LogP contribution in [0.5, 0.6) is 5.88 Å². The number of hydrogen-bond acceptors (Lipinski definition) is 9. The van der Waals surface area contributed by atoms with Crippen LogP contribution in [0.15, 0.2) is 61.3 Å². The average molecular weight is 518 g/mol. The number of aliphatic imine (C=N–C) groups is 1. The lowest BCUT2D eigenvalue weighted by Crippen LogP contribution is -2.29. The van der Waals surface area contributed by atoms with Gasteiger partial charge in [0, 0.05) is 21.9 Å². The van der Waals surface area contributed by atoms with E-state index in [0.29, 0.717) is 10.6 Å². The Hall–Kier alpha value is -3.29. The molecule has 1 fully saturated rings. The van der Waals surface area contributed by atoms with E-state index in [2.05, 4.69) is 25.6 Å². The zero-order valence-corrected chi connectivity index (χ0v) is 20.1. The lowest BCUT2D eigenvalue weighted by molar-refractivity contribution is -0.122. The van der Waals surface area contributed by atoms with Gasteiger partial charge in [0.25, 0.3) is 5.56 Å². The molecule has 10 nitrogen and oxygen atoms in total.